The molecule has 1 heteroatoms. The molecule has 0 atom stereocenters. The van der Waals surface area contributed by atoms with Crippen LogP contribution in [0.5, 0.6) is 0 Å². The van der Waals surface area contributed by atoms with Crippen molar-refractivity contribution in [3.05, 3.63) is 145 Å². The predicted molar refractivity (Wildman–Crippen MR) is 151 cm³/mol. The van der Waals surface area contributed by atoms with Crippen molar-refractivity contribution in [3.8, 4) is 44.5 Å². The Kier molecular flexibility index (Phi) is 5.66. The molecule has 0 aliphatic carbocycles. The molecule has 0 unspecified atom stereocenters. The first kappa shape index (κ1) is 21.4. The molecule has 6 aromatic carbocycles. The molecule has 166 valence electrons. The van der Waals surface area contributed by atoms with Crippen LogP contribution in [0, 0.1) is 0 Å². The van der Waals surface area contributed by atoms with E-state index in [0.717, 1.165) is 16.1 Å². The Morgan fingerprint density at radius 1 is 0.343 bits per heavy atom. The van der Waals surface area contributed by atoms with Gasteiger partial charge in [0.2, 0.25) is 0 Å². The quantitative estimate of drug-likeness (QED) is 0.242. The Balaban J connectivity index is 1.55. The molecule has 0 aliphatic rings. The van der Waals surface area contributed by atoms with Gasteiger partial charge in [-0.25, -0.2) is 0 Å². The van der Waals surface area contributed by atoms with Crippen molar-refractivity contribution in [3.63, 3.8) is 0 Å². The summed E-state index contributed by atoms with van der Waals surface area (Å²) in [4.78, 5) is 0. The average molecular weight is 467 g/mol. The van der Waals surface area contributed by atoms with Gasteiger partial charge >= 0.3 is 0 Å². The third kappa shape index (κ3) is 4.14. The molecule has 0 fully saturated rings. The molecule has 0 amide bonds. The molecule has 6 rings (SSSR count). The van der Waals surface area contributed by atoms with E-state index in [0.29, 0.717) is 0 Å². The highest BCUT2D eigenvalue weighted by Gasteiger charge is 2.14. The van der Waals surface area contributed by atoms with E-state index < -0.39 is 0 Å². The zero-order chi connectivity index (χ0) is 23.6. The lowest BCUT2D eigenvalue weighted by Crippen LogP contribution is -1.90. The third-order valence-corrected chi connectivity index (χ3v) is 6.80. The van der Waals surface area contributed by atoms with Crippen LogP contribution in [0.3, 0.4) is 0 Å². The highest BCUT2D eigenvalue weighted by Crippen LogP contribution is 2.41. The summed E-state index contributed by atoms with van der Waals surface area (Å²) in [5, 5.41) is 3.22. The Morgan fingerprint density at radius 2 is 0.886 bits per heavy atom. The van der Waals surface area contributed by atoms with Crippen molar-refractivity contribution in [1.82, 2.24) is 0 Å². The minimum atomic E-state index is 0.736. The van der Waals surface area contributed by atoms with Crippen LogP contribution < -0.4 is 0 Å². The second kappa shape index (κ2) is 9.25. The minimum Gasteiger partial charge on any atom is -0.0843 e. The number of benzene rings is 6. The van der Waals surface area contributed by atoms with Gasteiger partial charge in [0.15, 0.2) is 0 Å². The van der Waals surface area contributed by atoms with E-state index in [-0.39, 0.29) is 0 Å². The predicted octanol–water partition coefficient (Wildman–Crippen LogP) is 10.2. The molecule has 0 aromatic heterocycles. The highest BCUT2D eigenvalue weighted by atomic mass is 35.5. The summed E-state index contributed by atoms with van der Waals surface area (Å²) in [7, 11) is 0. The summed E-state index contributed by atoms with van der Waals surface area (Å²) in [5.74, 6) is 0. The van der Waals surface area contributed by atoms with Crippen LogP contribution in [0.25, 0.3) is 55.3 Å². The largest absolute Gasteiger partial charge is 0.0843 e. The first-order chi connectivity index (χ1) is 17.3. The maximum atomic E-state index is 6.53. The maximum absolute atomic E-state index is 6.53. The van der Waals surface area contributed by atoms with E-state index in [9.17, 15) is 0 Å². The zero-order valence-electron chi connectivity index (χ0n) is 19.2. The van der Waals surface area contributed by atoms with Gasteiger partial charge in [-0.1, -0.05) is 139 Å². The number of hydrogen-bond donors (Lipinski definition) is 0. The molecule has 0 saturated heterocycles. The van der Waals surface area contributed by atoms with Gasteiger partial charge < -0.3 is 0 Å². The first-order valence-corrected chi connectivity index (χ1v) is 12.2. The number of rotatable bonds is 4. The lowest BCUT2D eigenvalue weighted by molar-refractivity contribution is 1.58. The van der Waals surface area contributed by atoms with Crippen LogP contribution >= 0.6 is 11.6 Å². The molecule has 0 spiro atoms. The van der Waals surface area contributed by atoms with Gasteiger partial charge in [-0.3, -0.25) is 0 Å². The third-order valence-electron chi connectivity index (χ3n) is 6.56. The minimum absolute atomic E-state index is 0.736. The van der Waals surface area contributed by atoms with Gasteiger partial charge in [-0.05, 0) is 67.4 Å². The van der Waals surface area contributed by atoms with Crippen LogP contribution in [0.15, 0.2) is 140 Å². The second-order valence-electron chi connectivity index (χ2n) is 8.71. The highest BCUT2D eigenvalue weighted by molar-refractivity contribution is 6.31. The summed E-state index contributed by atoms with van der Waals surface area (Å²) in [6.07, 6.45) is 0. The van der Waals surface area contributed by atoms with E-state index >= 15 is 0 Å². The number of fused-ring (bicyclic) bond motifs is 1. The molecular weight excluding hydrogens is 444 g/mol. The topological polar surface area (TPSA) is 0 Å². The summed E-state index contributed by atoms with van der Waals surface area (Å²) >= 11 is 6.53. The van der Waals surface area contributed by atoms with E-state index in [1.165, 1.54) is 44.2 Å². The number of hydrogen-bond acceptors (Lipinski definition) is 0. The Bertz CT molecular complexity index is 1610. The van der Waals surface area contributed by atoms with E-state index in [1.54, 1.807) is 0 Å². The van der Waals surface area contributed by atoms with Gasteiger partial charge in [0.25, 0.3) is 0 Å². The monoisotopic (exact) mass is 466 g/mol. The van der Waals surface area contributed by atoms with Gasteiger partial charge in [-0.2, -0.15) is 0 Å². The molecular formula is C34H23Cl. The van der Waals surface area contributed by atoms with Crippen LogP contribution in [0.2, 0.25) is 5.02 Å². The summed E-state index contributed by atoms with van der Waals surface area (Å²) in [6.45, 7) is 0. The van der Waals surface area contributed by atoms with Crippen molar-refractivity contribution in [2.45, 2.75) is 0 Å². The van der Waals surface area contributed by atoms with Crippen molar-refractivity contribution in [2.75, 3.05) is 0 Å². The summed E-state index contributed by atoms with van der Waals surface area (Å²) in [5.41, 5.74) is 9.54. The lowest BCUT2D eigenvalue weighted by atomic mass is 9.88. The Labute approximate surface area is 211 Å². The second-order valence-corrected chi connectivity index (χ2v) is 9.15. The van der Waals surface area contributed by atoms with Crippen molar-refractivity contribution >= 4 is 22.4 Å². The Morgan fingerprint density at radius 3 is 1.57 bits per heavy atom. The molecule has 6 aromatic rings. The summed E-state index contributed by atoms with van der Waals surface area (Å²) in [6, 6.07) is 49.2. The van der Waals surface area contributed by atoms with Crippen LogP contribution in [-0.4, -0.2) is 0 Å². The average Bonchev–Trinajstić information content (AvgIpc) is 2.93. The molecule has 0 bridgehead atoms. The van der Waals surface area contributed by atoms with E-state index in [4.69, 9.17) is 11.6 Å². The standard InChI is InChI=1S/C34H23Cl/c35-29-21-22-31(33(23-29)27-19-17-25(18-20-27)24-9-3-1-4-10-24)32-16-8-14-28-13-7-15-30(34(28)32)26-11-5-2-6-12-26/h1-23H. The molecule has 0 heterocycles. The van der Waals surface area contributed by atoms with Crippen molar-refractivity contribution in [1.29, 1.82) is 0 Å². The fourth-order valence-corrected chi connectivity index (χ4v) is 5.06. The molecule has 0 aliphatic heterocycles. The van der Waals surface area contributed by atoms with Gasteiger partial charge in [0.1, 0.15) is 0 Å². The normalized spacial score (nSPS) is 11.0. The fourth-order valence-electron chi connectivity index (χ4n) is 4.89. The molecule has 35 heavy (non-hydrogen) atoms. The fraction of sp³-hybridized carbons (Fsp3) is 0. The van der Waals surface area contributed by atoms with Crippen LogP contribution in [0.1, 0.15) is 0 Å². The van der Waals surface area contributed by atoms with Crippen LogP contribution in [0.4, 0.5) is 0 Å². The van der Waals surface area contributed by atoms with Crippen molar-refractivity contribution < 1.29 is 0 Å². The van der Waals surface area contributed by atoms with Gasteiger partial charge in [0.05, 0.1) is 0 Å². The zero-order valence-corrected chi connectivity index (χ0v) is 19.9. The van der Waals surface area contributed by atoms with Crippen LogP contribution in [-0.2, 0) is 0 Å². The first-order valence-electron chi connectivity index (χ1n) is 11.8. The maximum Gasteiger partial charge on any atom is 0.0412 e. The lowest BCUT2D eigenvalue weighted by Gasteiger charge is -2.16. The van der Waals surface area contributed by atoms with E-state index in [2.05, 4.69) is 127 Å². The van der Waals surface area contributed by atoms with E-state index in [1.807, 2.05) is 12.1 Å². The number of halogens is 1. The van der Waals surface area contributed by atoms with Crippen molar-refractivity contribution in [2.24, 2.45) is 0 Å². The van der Waals surface area contributed by atoms with Gasteiger partial charge in [0, 0.05) is 5.02 Å². The molecule has 0 nitrogen and oxygen atoms in total. The SMILES string of the molecule is Clc1ccc(-c2cccc3cccc(-c4ccccc4)c23)c(-c2ccc(-c3ccccc3)cc2)c1. The molecule has 0 radical (unpaired) electrons. The smallest absolute Gasteiger partial charge is 0.0412 e. The molecule has 0 N–H and O–H groups in total. The summed E-state index contributed by atoms with van der Waals surface area (Å²) < 4.78 is 0. The molecule has 0 saturated carbocycles. The van der Waals surface area contributed by atoms with Gasteiger partial charge in [-0.15, -0.1) is 0 Å². The Hall–Kier alpha value is -4.13.